The van der Waals surface area contributed by atoms with Crippen LogP contribution in [0.15, 0.2) is 24.3 Å². The first kappa shape index (κ1) is 9.51. The van der Waals surface area contributed by atoms with Gasteiger partial charge in [0.25, 0.3) is 0 Å². The third kappa shape index (κ3) is 2.46. The van der Waals surface area contributed by atoms with Crippen molar-refractivity contribution in [2.45, 2.75) is 13.5 Å². The fourth-order valence-electron chi connectivity index (χ4n) is 1.16. The van der Waals surface area contributed by atoms with Crippen LogP contribution in [0.1, 0.15) is 11.4 Å². The highest BCUT2D eigenvalue weighted by Gasteiger charge is 2.00. The zero-order valence-corrected chi connectivity index (χ0v) is 8.40. The summed E-state index contributed by atoms with van der Waals surface area (Å²) in [6, 6.07) is 7.80. The van der Waals surface area contributed by atoms with Gasteiger partial charge < -0.3 is 10.5 Å². The summed E-state index contributed by atoms with van der Waals surface area (Å²) < 4.78 is 5.47. The summed E-state index contributed by atoms with van der Waals surface area (Å²) >= 11 is 0. The van der Waals surface area contributed by atoms with Gasteiger partial charge in [0, 0.05) is 0 Å². The molecular weight excluding hydrogens is 192 g/mol. The average Bonchev–Trinajstić information content (AvgIpc) is 2.64. The highest BCUT2D eigenvalue weighted by atomic mass is 16.5. The van der Waals surface area contributed by atoms with E-state index in [9.17, 15) is 0 Å². The van der Waals surface area contributed by atoms with Crippen LogP contribution in [0.25, 0.3) is 0 Å². The van der Waals surface area contributed by atoms with Crippen LogP contribution < -0.4 is 10.5 Å². The number of rotatable bonds is 3. The van der Waals surface area contributed by atoms with E-state index in [0.717, 1.165) is 5.75 Å². The monoisotopic (exact) mass is 204 g/mol. The smallest absolute Gasteiger partial charge is 0.239 e. The van der Waals surface area contributed by atoms with Crippen LogP contribution >= 0.6 is 0 Å². The number of hydrogen-bond donors (Lipinski definition) is 2. The van der Waals surface area contributed by atoms with Crippen molar-refractivity contribution in [1.29, 1.82) is 0 Å². The van der Waals surface area contributed by atoms with Gasteiger partial charge in [-0.3, -0.25) is 5.10 Å². The molecule has 1 aromatic heterocycles. The van der Waals surface area contributed by atoms with Crippen molar-refractivity contribution in [3.63, 3.8) is 0 Å². The van der Waals surface area contributed by atoms with E-state index in [2.05, 4.69) is 15.2 Å². The molecule has 0 saturated heterocycles. The number of hydrogen-bond acceptors (Lipinski definition) is 4. The van der Waals surface area contributed by atoms with Gasteiger partial charge in [-0.05, 0) is 19.1 Å². The average molecular weight is 204 g/mol. The van der Waals surface area contributed by atoms with Crippen LogP contribution in [-0.4, -0.2) is 15.2 Å². The van der Waals surface area contributed by atoms with Crippen LogP contribution in [0, 0.1) is 6.92 Å². The number of ether oxygens (including phenoxy) is 1. The normalized spacial score (nSPS) is 10.2. The van der Waals surface area contributed by atoms with Gasteiger partial charge in [-0.2, -0.15) is 4.98 Å². The van der Waals surface area contributed by atoms with Crippen molar-refractivity contribution < 1.29 is 4.74 Å². The fourth-order valence-corrected chi connectivity index (χ4v) is 1.16. The number of nitrogens with zero attached hydrogens (tertiary/aromatic N) is 2. The Hall–Kier alpha value is -2.04. The maximum absolute atomic E-state index is 5.47. The molecule has 0 atom stereocenters. The Balaban J connectivity index is 1.96. The lowest BCUT2D eigenvalue weighted by atomic mass is 10.2. The molecule has 0 aliphatic rings. The van der Waals surface area contributed by atoms with E-state index in [4.69, 9.17) is 10.5 Å². The molecule has 0 fully saturated rings. The number of nitrogens with two attached hydrogens (primary N) is 1. The third-order valence-corrected chi connectivity index (χ3v) is 1.95. The molecule has 3 N–H and O–H groups in total. The number of benzene rings is 1. The Labute approximate surface area is 87.3 Å². The van der Waals surface area contributed by atoms with Crippen molar-refractivity contribution in [2.24, 2.45) is 0 Å². The Bertz CT molecular complexity index is 435. The summed E-state index contributed by atoms with van der Waals surface area (Å²) in [5, 5.41) is 6.38. The van der Waals surface area contributed by atoms with Gasteiger partial charge in [0.15, 0.2) is 5.82 Å². The summed E-state index contributed by atoms with van der Waals surface area (Å²) in [7, 11) is 0. The molecule has 0 aliphatic carbocycles. The SMILES string of the molecule is Cc1ccc(OCc2nc(N)n[nH]2)cc1. The summed E-state index contributed by atoms with van der Waals surface area (Å²) in [4.78, 5) is 3.93. The van der Waals surface area contributed by atoms with E-state index in [0.29, 0.717) is 12.4 Å². The van der Waals surface area contributed by atoms with Crippen molar-refractivity contribution in [3.05, 3.63) is 35.7 Å². The predicted octanol–water partition coefficient (Wildman–Crippen LogP) is 1.27. The maximum Gasteiger partial charge on any atom is 0.239 e. The summed E-state index contributed by atoms with van der Waals surface area (Å²) in [6.07, 6.45) is 0. The molecule has 15 heavy (non-hydrogen) atoms. The minimum atomic E-state index is 0.234. The highest BCUT2D eigenvalue weighted by Crippen LogP contribution is 2.12. The van der Waals surface area contributed by atoms with Crippen molar-refractivity contribution >= 4 is 5.95 Å². The van der Waals surface area contributed by atoms with E-state index < -0.39 is 0 Å². The fraction of sp³-hybridized carbons (Fsp3) is 0.200. The molecule has 0 amide bonds. The molecule has 1 heterocycles. The second-order valence-electron chi connectivity index (χ2n) is 3.24. The number of nitrogen functional groups attached to an aromatic ring is 1. The van der Waals surface area contributed by atoms with Gasteiger partial charge in [0.2, 0.25) is 5.95 Å². The van der Waals surface area contributed by atoms with E-state index >= 15 is 0 Å². The predicted molar refractivity (Wildman–Crippen MR) is 56.3 cm³/mol. The largest absolute Gasteiger partial charge is 0.486 e. The number of aromatic nitrogens is 3. The van der Waals surface area contributed by atoms with Gasteiger partial charge in [-0.15, -0.1) is 5.10 Å². The molecule has 2 rings (SSSR count). The molecule has 0 aliphatic heterocycles. The Kier molecular flexibility index (Phi) is 2.53. The maximum atomic E-state index is 5.47. The molecule has 0 radical (unpaired) electrons. The van der Waals surface area contributed by atoms with Crippen LogP contribution in [-0.2, 0) is 6.61 Å². The van der Waals surface area contributed by atoms with Crippen LogP contribution in [0.3, 0.4) is 0 Å². The van der Waals surface area contributed by atoms with Crippen molar-refractivity contribution in [2.75, 3.05) is 5.73 Å². The Morgan fingerprint density at radius 1 is 1.33 bits per heavy atom. The lowest BCUT2D eigenvalue weighted by molar-refractivity contribution is 0.296. The number of nitrogens with one attached hydrogen (secondary N) is 1. The second kappa shape index (κ2) is 4.00. The van der Waals surface area contributed by atoms with E-state index in [1.165, 1.54) is 5.56 Å². The first-order valence-corrected chi connectivity index (χ1v) is 4.60. The lowest BCUT2D eigenvalue weighted by Crippen LogP contribution is -1.97. The van der Waals surface area contributed by atoms with Gasteiger partial charge >= 0.3 is 0 Å². The lowest BCUT2D eigenvalue weighted by Gasteiger charge is -2.03. The molecular formula is C10H12N4O. The second-order valence-corrected chi connectivity index (χ2v) is 3.24. The van der Waals surface area contributed by atoms with E-state index in [1.807, 2.05) is 31.2 Å². The molecule has 0 bridgehead atoms. The minimum absolute atomic E-state index is 0.234. The standard InChI is InChI=1S/C10H12N4O/c1-7-2-4-8(5-3-7)15-6-9-12-10(11)14-13-9/h2-5H,6H2,1H3,(H3,11,12,13,14). The number of aryl methyl sites for hydroxylation is 1. The van der Waals surface area contributed by atoms with Crippen LogP contribution in [0.4, 0.5) is 5.95 Å². The zero-order chi connectivity index (χ0) is 10.7. The molecule has 0 saturated carbocycles. The molecule has 2 aromatic rings. The molecule has 1 aromatic carbocycles. The summed E-state index contributed by atoms with van der Waals surface area (Å²) in [6.45, 7) is 2.37. The van der Waals surface area contributed by atoms with Crippen molar-refractivity contribution in [1.82, 2.24) is 15.2 Å². The van der Waals surface area contributed by atoms with Crippen LogP contribution in [0.5, 0.6) is 5.75 Å². The first-order chi connectivity index (χ1) is 7.24. The highest BCUT2D eigenvalue weighted by molar-refractivity contribution is 5.26. The molecule has 5 heteroatoms. The van der Waals surface area contributed by atoms with Gasteiger partial charge in [0.05, 0.1) is 0 Å². The number of anilines is 1. The molecule has 78 valence electrons. The minimum Gasteiger partial charge on any atom is -0.486 e. The summed E-state index contributed by atoms with van der Waals surface area (Å²) in [5.41, 5.74) is 6.56. The quantitative estimate of drug-likeness (QED) is 0.789. The number of H-pyrrole nitrogens is 1. The van der Waals surface area contributed by atoms with Gasteiger partial charge in [-0.1, -0.05) is 17.7 Å². The van der Waals surface area contributed by atoms with E-state index in [-0.39, 0.29) is 5.95 Å². The van der Waals surface area contributed by atoms with Gasteiger partial charge in [0.1, 0.15) is 12.4 Å². The van der Waals surface area contributed by atoms with Gasteiger partial charge in [-0.25, -0.2) is 0 Å². The van der Waals surface area contributed by atoms with E-state index in [1.54, 1.807) is 0 Å². The Morgan fingerprint density at radius 2 is 2.07 bits per heavy atom. The third-order valence-electron chi connectivity index (χ3n) is 1.95. The molecule has 0 spiro atoms. The number of aromatic amines is 1. The summed E-state index contributed by atoms with van der Waals surface area (Å²) in [5.74, 6) is 1.65. The topological polar surface area (TPSA) is 76.8 Å². The molecule has 0 unspecified atom stereocenters. The Morgan fingerprint density at radius 3 is 2.67 bits per heavy atom. The zero-order valence-electron chi connectivity index (χ0n) is 8.40. The molecule has 5 nitrogen and oxygen atoms in total. The van der Waals surface area contributed by atoms with Crippen LogP contribution in [0.2, 0.25) is 0 Å². The van der Waals surface area contributed by atoms with Crippen molar-refractivity contribution in [3.8, 4) is 5.75 Å². The first-order valence-electron chi connectivity index (χ1n) is 4.60.